The lowest BCUT2D eigenvalue weighted by molar-refractivity contribution is -0.0420. The van der Waals surface area contributed by atoms with Gasteiger partial charge in [-0.05, 0) is 77.9 Å². The number of hydrogen-bond donors (Lipinski definition) is 3. The summed E-state index contributed by atoms with van der Waals surface area (Å²) in [7, 11) is 1.64. The first-order valence-corrected chi connectivity index (χ1v) is 13.3. The smallest absolute Gasteiger partial charge is 0.251 e. The molecule has 0 aromatic heterocycles. The molecule has 1 aliphatic heterocycles. The molecule has 200 valence electrons. The maximum atomic E-state index is 13.1. The number of anilines is 1. The Kier molecular flexibility index (Phi) is 7.96. The molecule has 0 radical (unpaired) electrons. The van der Waals surface area contributed by atoms with E-state index in [1.807, 2.05) is 67.6 Å². The van der Waals surface area contributed by atoms with Gasteiger partial charge in [0, 0.05) is 29.9 Å². The molecule has 1 unspecified atom stereocenters. The van der Waals surface area contributed by atoms with E-state index >= 15 is 0 Å². The van der Waals surface area contributed by atoms with E-state index in [-0.39, 0.29) is 11.9 Å². The van der Waals surface area contributed by atoms with Crippen LogP contribution in [0.15, 0.2) is 91.0 Å². The van der Waals surface area contributed by atoms with E-state index < -0.39 is 6.29 Å². The van der Waals surface area contributed by atoms with E-state index in [2.05, 4.69) is 28.4 Å². The van der Waals surface area contributed by atoms with Crippen molar-refractivity contribution in [1.82, 2.24) is 5.32 Å². The molecule has 1 aliphatic rings. The number of aliphatic hydroxyl groups is 2. The number of benzene rings is 4. The van der Waals surface area contributed by atoms with Crippen LogP contribution >= 0.6 is 0 Å². The Labute approximate surface area is 229 Å². The Morgan fingerprint density at radius 3 is 2.54 bits per heavy atom. The number of carbonyl (C=O) groups is 1. The second kappa shape index (κ2) is 11.7. The lowest BCUT2D eigenvalue weighted by Gasteiger charge is -2.32. The molecule has 5 rings (SSSR count). The zero-order valence-electron chi connectivity index (χ0n) is 22.3. The topological polar surface area (TPSA) is 82.0 Å². The van der Waals surface area contributed by atoms with E-state index in [1.54, 1.807) is 19.2 Å². The van der Waals surface area contributed by atoms with Crippen LogP contribution in [0.4, 0.5) is 5.69 Å². The lowest BCUT2D eigenvalue weighted by Crippen LogP contribution is -2.30. The Morgan fingerprint density at radius 1 is 0.974 bits per heavy atom. The van der Waals surface area contributed by atoms with Crippen LogP contribution in [0.3, 0.4) is 0 Å². The summed E-state index contributed by atoms with van der Waals surface area (Å²) >= 11 is 0. The lowest BCUT2D eigenvalue weighted by atomic mass is 9.96. The molecule has 0 saturated heterocycles. The van der Waals surface area contributed by atoms with Crippen molar-refractivity contribution in [1.29, 1.82) is 0 Å². The summed E-state index contributed by atoms with van der Waals surface area (Å²) in [6.45, 7) is 3.69. The number of nitrogens with one attached hydrogen (secondary N) is 1. The molecular formula is C33H34N2O4. The Morgan fingerprint density at radius 2 is 1.77 bits per heavy atom. The molecule has 4 aromatic carbocycles. The van der Waals surface area contributed by atoms with Gasteiger partial charge in [0.1, 0.15) is 5.75 Å². The number of hydrogen-bond acceptors (Lipinski definition) is 5. The van der Waals surface area contributed by atoms with Crippen LogP contribution in [-0.4, -0.2) is 29.8 Å². The molecule has 0 fully saturated rings. The van der Waals surface area contributed by atoms with Crippen molar-refractivity contribution in [2.45, 2.75) is 38.6 Å². The van der Waals surface area contributed by atoms with Crippen molar-refractivity contribution in [2.75, 3.05) is 18.6 Å². The standard InChI is InChI=1S/C33H34N2O4/c1-22(25-7-5-9-28(20-25)39-2)34-32(36)27-16-17-31-26(19-27)8-6-18-35(31)21-23-12-14-24(15-13-23)29-10-3-4-11-30(29)33(37)38/h3-5,7,9-17,19-20,22,33,37-38H,6,8,18,21H2,1-2H3,(H,34,36). The molecule has 3 N–H and O–H groups in total. The van der Waals surface area contributed by atoms with E-state index in [4.69, 9.17) is 4.74 Å². The van der Waals surface area contributed by atoms with Crippen molar-refractivity contribution < 1.29 is 19.7 Å². The summed E-state index contributed by atoms with van der Waals surface area (Å²) < 4.78 is 5.31. The first-order valence-electron chi connectivity index (χ1n) is 13.3. The number of rotatable bonds is 8. The molecular weight excluding hydrogens is 488 g/mol. The molecule has 1 heterocycles. The predicted molar refractivity (Wildman–Crippen MR) is 154 cm³/mol. The molecule has 39 heavy (non-hydrogen) atoms. The van der Waals surface area contributed by atoms with Gasteiger partial charge in [-0.3, -0.25) is 4.79 Å². The molecule has 0 spiro atoms. The first-order chi connectivity index (χ1) is 18.9. The monoisotopic (exact) mass is 522 g/mol. The van der Waals surface area contributed by atoms with Crippen LogP contribution in [0, 0.1) is 0 Å². The quantitative estimate of drug-likeness (QED) is 0.255. The second-order valence-corrected chi connectivity index (χ2v) is 10.00. The largest absolute Gasteiger partial charge is 0.497 e. The van der Waals surface area contributed by atoms with Gasteiger partial charge in [0.25, 0.3) is 5.91 Å². The van der Waals surface area contributed by atoms with Gasteiger partial charge in [0.05, 0.1) is 13.2 Å². The van der Waals surface area contributed by atoms with Crippen LogP contribution in [0.25, 0.3) is 11.1 Å². The Bertz CT molecular complexity index is 1450. The van der Waals surface area contributed by atoms with Gasteiger partial charge in [0.15, 0.2) is 6.29 Å². The molecule has 0 bridgehead atoms. The van der Waals surface area contributed by atoms with Gasteiger partial charge in [-0.15, -0.1) is 0 Å². The van der Waals surface area contributed by atoms with E-state index in [1.165, 1.54) is 11.1 Å². The number of carbonyl (C=O) groups excluding carboxylic acids is 1. The third kappa shape index (κ3) is 5.98. The first kappa shape index (κ1) is 26.5. The highest BCUT2D eigenvalue weighted by atomic mass is 16.5. The minimum Gasteiger partial charge on any atom is -0.497 e. The third-order valence-corrected chi connectivity index (χ3v) is 7.38. The summed E-state index contributed by atoms with van der Waals surface area (Å²) in [6, 6.07) is 29.2. The van der Waals surface area contributed by atoms with Crippen molar-refractivity contribution in [3.8, 4) is 16.9 Å². The number of nitrogens with zero attached hydrogens (tertiary/aromatic N) is 1. The minimum absolute atomic E-state index is 0.0888. The molecule has 6 nitrogen and oxygen atoms in total. The van der Waals surface area contributed by atoms with Crippen LogP contribution in [0.5, 0.6) is 5.75 Å². The minimum atomic E-state index is -1.51. The van der Waals surface area contributed by atoms with Gasteiger partial charge < -0.3 is 25.2 Å². The molecule has 6 heteroatoms. The fourth-order valence-corrected chi connectivity index (χ4v) is 5.25. The molecule has 0 saturated carbocycles. The van der Waals surface area contributed by atoms with Crippen LogP contribution in [0.1, 0.15) is 58.3 Å². The van der Waals surface area contributed by atoms with Gasteiger partial charge >= 0.3 is 0 Å². The average Bonchev–Trinajstić information content (AvgIpc) is 2.97. The van der Waals surface area contributed by atoms with Gasteiger partial charge in [0.2, 0.25) is 0 Å². The number of ether oxygens (including phenoxy) is 1. The fraction of sp³-hybridized carbons (Fsp3) is 0.242. The van der Waals surface area contributed by atoms with E-state index in [9.17, 15) is 15.0 Å². The number of aliphatic hydroxyl groups excluding tert-OH is 1. The summed E-state index contributed by atoms with van der Waals surface area (Å²) in [5.74, 6) is 0.681. The van der Waals surface area contributed by atoms with E-state index in [0.29, 0.717) is 11.1 Å². The summed E-state index contributed by atoms with van der Waals surface area (Å²) in [5, 5.41) is 22.5. The number of methoxy groups -OCH3 is 1. The van der Waals surface area contributed by atoms with Crippen LogP contribution in [0.2, 0.25) is 0 Å². The van der Waals surface area contributed by atoms with Crippen molar-refractivity contribution >= 4 is 11.6 Å². The fourth-order valence-electron chi connectivity index (χ4n) is 5.25. The zero-order chi connectivity index (χ0) is 27.4. The number of fused-ring (bicyclic) bond motifs is 1. The highest BCUT2D eigenvalue weighted by molar-refractivity contribution is 5.95. The zero-order valence-corrected chi connectivity index (χ0v) is 22.3. The highest BCUT2D eigenvalue weighted by Gasteiger charge is 2.20. The SMILES string of the molecule is COc1cccc(C(C)NC(=O)c2ccc3c(c2)CCCN3Cc2ccc(-c3ccccc3C(O)O)cc2)c1. The second-order valence-electron chi connectivity index (χ2n) is 10.00. The van der Waals surface area contributed by atoms with Crippen molar-refractivity contribution in [3.63, 3.8) is 0 Å². The third-order valence-electron chi connectivity index (χ3n) is 7.38. The van der Waals surface area contributed by atoms with Crippen LogP contribution < -0.4 is 15.0 Å². The van der Waals surface area contributed by atoms with Crippen molar-refractivity contribution in [3.05, 3.63) is 119 Å². The normalized spacial score (nSPS) is 13.6. The highest BCUT2D eigenvalue weighted by Crippen LogP contribution is 2.31. The summed E-state index contributed by atoms with van der Waals surface area (Å²) in [4.78, 5) is 15.4. The van der Waals surface area contributed by atoms with Crippen LogP contribution in [-0.2, 0) is 13.0 Å². The van der Waals surface area contributed by atoms with Crippen molar-refractivity contribution in [2.24, 2.45) is 0 Å². The number of amides is 1. The molecule has 0 aliphatic carbocycles. The van der Waals surface area contributed by atoms with Gasteiger partial charge in [-0.25, -0.2) is 0 Å². The molecule has 1 atom stereocenters. The number of aryl methyl sites for hydroxylation is 1. The summed E-state index contributed by atoms with van der Waals surface area (Å²) in [6.07, 6.45) is 0.457. The summed E-state index contributed by atoms with van der Waals surface area (Å²) in [5.41, 5.74) is 7.43. The van der Waals surface area contributed by atoms with Gasteiger partial charge in [-0.2, -0.15) is 0 Å². The average molecular weight is 523 g/mol. The van der Waals surface area contributed by atoms with Gasteiger partial charge in [-0.1, -0.05) is 60.7 Å². The predicted octanol–water partition coefficient (Wildman–Crippen LogP) is 5.79. The Hall–Kier alpha value is -4.13. The molecule has 4 aromatic rings. The van der Waals surface area contributed by atoms with E-state index in [0.717, 1.165) is 54.1 Å². The molecule has 1 amide bonds. The maximum Gasteiger partial charge on any atom is 0.251 e. The Balaban J connectivity index is 1.28. The maximum absolute atomic E-state index is 13.1.